The van der Waals surface area contributed by atoms with Crippen molar-refractivity contribution in [1.29, 1.82) is 0 Å². The van der Waals surface area contributed by atoms with Gasteiger partial charge in [0.05, 0.1) is 6.10 Å². The molecule has 4 nitrogen and oxygen atoms in total. The highest BCUT2D eigenvalue weighted by atomic mass is 32.1. The molecule has 0 aromatic carbocycles. The number of thiophene rings is 1. The summed E-state index contributed by atoms with van der Waals surface area (Å²) in [6.07, 6.45) is 1.95. The van der Waals surface area contributed by atoms with Gasteiger partial charge in [0.1, 0.15) is 4.88 Å². The van der Waals surface area contributed by atoms with E-state index in [1.165, 1.54) is 11.3 Å². The number of rotatable bonds is 3. The van der Waals surface area contributed by atoms with Gasteiger partial charge in [0.2, 0.25) is 0 Å². The second-order valence-electron chi connectivity index (χ2n) is 5.33. The van der Waals surface area contributed by atoms with Crippen LogP contribution in [0.3, 0.4) is 0 Å². The van der Waals surface area contributed by atoms with Gasteiger partial charge in [-0.05, 0) is 30.9 Å². The van der Waals surface area contributed by atoms with Gasteiger partial charge in [-0.2, -0.15) is 0 Å². The smallest absolute Gasteiger partial charge is 0.345 e. The Hall–Kier alpha value is -0.910. The molecule has 1 aromatic heterocycles. The van der Waals surface area contributed by atoms with Crippen LogP contribution in [0.25, 0.3) is 0 Å². The van der Waals surface area contributed by atoms with Crippen molar-refractivity contribution in [2.75, 3.05) is 13.1 Å². The summed E-state index contributed by atoms with van der Waals surface area (Å²) in [6.45, 7) is 2.81. The van der Waals surface area contributed by atoms with E-state index in [-0.39, 0.29) is 6.10 Å². The Balaban J connectivity index is 1.62. The van der Waals surface area contributed by atoms with Gasteiger partial charge in [0.25, 0.3) is 0 Å². The average Bonchev–Trinajstić information content (AvgIpc) is 2.98. The van der Waals surface area contributed by atoms with Crippen LogP contribution in [0.5, 0.6) is 0 Å². The van der Waals surface area contributed by atoms with E-state index in [0.29, 0.717) is 16.7 Å². The Morgan fingerprint density at radius 3 is 2.89 bits per heavy atom. The fraction of sp³-hybridized carbons (Fsp3) is 0.615. The fourth-order valence-electron chi connectivity index (χ4n) is 3.26. The van der Waals surface area contributed by atoms with Crippen LogP contribution in [-0.2, 0) is 6.54 Å². The van der Waals surface area contributed by atoms with Gasteiger partial charge >= 0.3 is 5.97 Å². The van der Waals surface area contributed by atoms with E-state index >= 15 is 0 Å². The van der Waals surface area contributed by atoms with Crippen LogP contribution in [0, 0.1) is 11.8 Å². The number of carboxylic acid groups (broad SMARTS) is 1. The third-order valence-corrected chi connectivity index (χ3v) is 5.20. The zero-order valence-corrected chi connectivity index (χ0v) is 10.9. The highest BCUT2D eigenvalue weighted by molar-refractivity contribution is 7.13. The Kier molecular flexibility index (Phi) is 3.13. The predicted octanol–water partition coefficient (Wildman–Crippen LogP) is 1.65. The van der Waals surface area contributed by atoms with Gasteiger partial charge in [0.15, 0.2) is 0 Å². The van der Waals surface area contributed by atoms with Gasteiger partial charge in [-0.15, -0.1) is 11.3 Å². The van der Waals surface area contributed by atoms with Gasteiger partial charge in [-0.25, -0.2) is 4.79 Å². The van der Waals surface area contributed by atoms with Gasteiger partial charge in [0, 0.05) is 30.4 Å². The number of aromatic carboxylic acids is 1. The molecule has 0 amide bonds. The van der Waals surface area contributed by atoms with Crippen molar-refractivity contribution in [2.45, 2.75) is 25.5 Å². The van der Waals surface area contributed by atoms with Crippen molar-refractivity contribution in [3.05, 3.63) is 21.9 Å². The number of aliphatic hydroxyl groups excluding tert-OH is 1. The minimum absolute atomic E-state index is 0.127. The molecule has 1 aromatic rings. The number of fused-ring (bicyclic) bond motifs is 1. The Morgan fingerprint density at radius 2 is 2.22 bits per heavy atom. The molecule has 5 heteroatoms. The second kappa shape index (κ2) is 4.64. The van der Waals surface area contributed by atoms with Crippen LogP contribution in [-0.4, -0.2) is 40.3 Å². The van der Waals surface area contributed by atoms with Crippen molar-refractivity contribution in [1.82, 2.24) is 4.90 Å². The lowest BCUT2D eigenvalue weighted by Crippen LogP contribution is -2.24. The lowest BCUT2D eigenvalue weighted by atomic mass is 10.00. The summed E-state index contributed by atoms with van der Waals surface area (Å²) in [4.78, 5) is 14.7. The van der Waals surface area contributed by atoms with E-state index in [9.17, 15) is 9.90 Å². The molecule has 3 atom stereocenters. The summed E-state index contributed by atoms with van der Waals surface area (Å²) in [5.74, 6) is 0.225. The maximum Gasteiger partial charge on any atom is 0.345 e. The first kappa shape index (κ1) is 12.1. The molecule has 0 radical (unpaired) electrons. The molecule has 3 unspecified atom stereocenters. The van der Waals surface area contributed by atoms with E-state index < -0.39 is 5.97 Å². The molecule has 3 rings (SSSR count). The molecule has 1 saturated heterocycles. The molecule has 2 fully saturated rings. The van der Waals surface area contributed by atoms with E-state index in [1.807, 2.05) is 6.07 Å². The van der Waals surface area contributed by atoms with Crippen molar-refractivity contribution < 1.29 is 15.0 Å². The summed E-state index contributed by atoms with van der Waals surface area (Å²) in [6, 6.07) is 3.58. The first-order valence-corrected chi connectivity index (χ1v) is 7.17. The van der Waals surface area contributed by atoms with Gasteiger partial charge < -0.3 is 10.2 Å². The molecular weight excluding hydrogens is 250 g/mol. The lowest BCUT2D eigenvalue weighted by Gasteiger charge is -2.16. The third kappa shape index (κ3) is 2.18. The number of hydrogen-bond acceptors (Lipinski definition) is 4. The van der Waals surface area contributed by atoms with Crippen LogP contribution in [0.15, 0.2) is 12.1 Å². The third-order valence-electron chi connectivity index (χ3n) is 4.15. The average molecular weight is 267 g/mol. The predicted molar refractivity (Wildman–Crippen MR) is 68.8 cm³/mol. The van der Waals surface area contributed by atoms with Crippen LogP contribution in [0.1, 0.15) is 27.4 Å². The van der Waals surface area contributed by atoms with Crippen molar-refractivity contribution in [3.8, 4) is 0 Å². The molecule has 2 N–H and O–H groups in total. The van der Waals surface area contributed by atoms with E-state index in [0.717, 1.165) is 37.4 Å². The van der Waals surface area contributed by atoms with Gasteiger partial charge in [-0.3, -0.25) is 4.90 Å². The number of nitrogens with zero attached hydrogens (tertiary/aromatic N) is 1. The number of carboxylic acids is 1. The molecule has 1 aliphatic heterocycles. The van der Waals surface area contributed by atoms with Crippen molar-refractivity contribution in [3.63, 3.8) is 0 Å². The summed E-state index contributed by atoms with van der Waals surface area (Å²) in [5, 5.41) is 18.7. The monoisotopic (exact) mass is 267 g/mol. The lowest BCUT2D eigenvalue weighted by molar-refractivity contribution is 0.0702. The normalized spacial score (nSPS) is 31.7. The summed E-state index contributed by atoms with van der Waals surface area (Å²) < 4.78 is 0. The maximum atomic E-state index is 10.8. The molecular formula is C13H17NO3S. The molecule has 0 spiro atoms. The molecule has 0 bridgehead atoms. The topological polar surface area (TPSA) is 60.8 Å². The number of carbonyl (C=O) groups is 1. The first-order chi connectivity index (χ1) is 8.63. The van der Waals surface area contributed by atoms with Crippen LogP contribution in [0.2, 0.25) is 0 Å². The maximum absolute atomic E-state index is 10.8. The molecule has 1 aliphatic carbocycles. The van der Waals surface area contributed by atoms with E-state index in [1.54, 1.807) is 6.07 Å². The Labute approximate surface area is 110 Å². The molecule has 98 valence electrons. The molecule has 18 heavy (non-hydrogen) atoms. The molecule has 1 saturated carbocycles. The number of hydrogen-bond donors (Lipinski definition) is 2. The van der Waals surface area contributed by atoms with E-state index in [4.69, 9.17) is 5.11 Å². The summed E-state index contributed by atoms with van der Waals surface area (Å²) in [5.41, 5.74) is 0. The van der Waals surface area contributed by atoms with Crippen molar-refractivity contribution >= 4 is 17.3 Å². The second-order valence-corrected chi connectivity index (χ2v) is 6.50. The standard InChI is InChI=1S/C13H17NO3S/c15-11-3-1-8-5-14(7-10(8)11)6-9-2-4-12(18-9)13(16)17/h2,4,8,10-11,15H,1,3,5-7H2,(H,16,17). The Morgan fingerprint density at radius 1 is 1.39 bits per heavy atom. The molecule has 2 aliphatic rings. The van der Waals surface area contributed by atoms with Gasteiger partial charge in [-0.1, -0.05) is 0 Å². The first-order valence-electron chi connectivity index (χ1n) is 6.36. The minimum atomic E-state index is -0.847. The zero-order valence-electron chi connectivity index (χ0n) is 10.1. The summed E-state index contributed by atoms with van der Waals surface area (Å²) in [7, 11) is 0. The molecule has 2 heterocycles. The minimum Gasteiger partial charge on any atom is -0.477 e. The number of likely N-dealkylation sites (tertiary alicyclic amines) is 1. The SMILES string of the molecule is O=C(O)c1ccc(CN2CC3CCC(O)C3C2)s1. The van der Waals surface area contributed by atoms with Crippen LogP contribution >= 0.6 is 11.3 Å². The van der Waals surface area contributed by atoms with E-state index in [2.05, 4.69) is 4.90 Å². The quantitative estimate of drug-likeness (QED) is 0.874. The summed E-state index contributed by atoms with van der Waals surface area (Å²) >= 11 is 1.35. The zero-order chi connectivity index (χ0) is 12.7. The largest absolute Gasteiger partial charge is 0.477 e. The highest BCUT2D eigenvalue weighted by Gasteiger charge is 2.41. The van der Waals surface area contributed by atoms with Crippen molar-refractivity contribution in [2.24, 2.45) is 11.8 Å². The fourth-order valence-corrected chi connectivity index (χ4v) is 4.15. The van der Waals surface area contributed by atoms with Crippen LogP contribution < -0.4 is 0 Å². The Bertz CT molecular complexity index is 459. The van der Waals surface area contributed by atoms with Crippen LogP contribution in [0.4, 0.5) is 0 Å². The highest BCUT2D eigenvalue weighted by Crippen LogP contribution is 2.38. The number of aliphatic hydroxyl groups is 1.